The molecule has 102 valence electrons. The van der Waals surface area contributed by atoms with Crippen molar-refractivity contribution in [2.75, 3.05) is 5.88 Å². The van der Waals surface area contributed by atoms with Crippen LogP contribution in [0, 0.1) is 13.8 Å². The first-order valence-electron chi connectivity index (χ1n) is 6.67. The highest BCUT2D eigenvalue weighted by molar-refractivity contribution is 6.17. The fraction of sp³-hybridized carbons (Fsp3) is 0.250. The molecule has 0 bridgehead atoms. The van der Waals surface area contributed by atoms with Gasteiger partial charge in [-0.2, -0.15) is 0 Å². The smallest absolute Gasteiger partial charge is 0.164 e. The summed E-state index contributed by atoms with van der Waals surface area (Å²) in [5.41, 5.74) is 5.12. The normalized spacial score (nSPS) is 11.2. The third-order valence-electron chi connectivity index (χ3n) is 3.32. The Morgan fingerprint density at radius 3 is 2.45 bits per heavy atom. The molecule has 0 N–H and O–H groups in total. The van der Waals surface area contributed by atoms with Crippen molar-refractivity contribution in [1.82, 2.24) is 14.5 Å². The maximum absolute atomic E-state index is 5.91. The molecule has 0 aliphatic rings. The Bertz CT molecular complexity index is 744. The van der Waals surface area contributed by atoms with Crippen molar-refractivity contribution < 1.29 is 0 Å². The van der Waals surface area contributed by atoms with Crippen LogP contribution in [-0.4, -0.2) is 20.4 Å². The first kappa shape index (κ1) is 13.1. The Labute approximate surface area is 123 Å². The third kappa shape index (κ3) is 2.29. The number of nitrogens with zero attached hydrogens (tertiary/aromatic N) is 3. The minimum Gasteiger partial charge on any atom is -0.281 e. The molecule has 2 heterocycles. The zero-order chi connectivity index (χ0) is 14.1. The molecule has 20 heavy (non-hydrogen) atoms. The Hall–Kier alpha value is -1.87. The molecule has 4 heteroatoms. The van der Waals surface area contributed by atoms with Crippen LogP contribution >= 0.6 is 11.6 Å². The Morgan fingerprint density at radius 2 is 1.75 bits per heavy atom. The largest absolute Gasteiger partial charge is 0.281 e. The SMILES string of the molecule is Cc1ccc(-n2c(CCCl)nc3ccc(C)nc32)cc1. The van der Waals surface area contributed by atoms with E-state index in [1.165, 1.54) is 5.56 Å². The van der Waals surface area contributed by atoms with Crippen molar-refractivity contribution >= 4 is 22.8 Å². The van der Waals surface area contributed by atoms with Crippen LogP contribution in [0.25, 0.3) is 16.9 Å². The lowest BCUT2D eigenvalue weighted by atomic mass is 10.2. The minimum atomic E-state index is 0.550. The first-order valence-corrected chi connectivity index (χ1v) is 7.20. The van der Waals surface area contributed by atoms with Gasteiger partial charge in [0, 0.05) is 23.7 Å². The van der Waals surface area contributed by atoms with Crippen molar-refractivity contribution in [3.63, 3.8) is 0 Å². The highest BCUT2D eigenvalue weighted by Crippen LogP contribution is 2.21. The van der Waals surface area contributed by atoms with E-state index in [0.29, 0.717) is 5.88 Å². The molecule has 0 aliphatic heterocycles. The second kappa shape index (κ2) is 5.25. The van der Waals surface area contributed by atoms with E-state index < -0.39 is 0 Å². The van der Waals surface area contributed by atoms with E-state index in [4.69, 9.17) is 11.6 Å². The number of aryl methyl sites for hydroxylation is 3. The van der Waals surface area contributed by atoms with Gasteiger partial charge in [-0.25, -0.2) is 9.97 Å². The lowest BCUT2D eigenvalue weighted by Gasteiger charge is -2.08. The van der Waals surface area contributed by atoms with E-state index in [0.717, 1.165) is 34.8 Å². The Kier molecular flexibility index (Phi) is 3.45. The van der Waals surface area contributed by atoms with Gasteiger partial charge in [-0.05, 0) is 38.1 Å². The summed E-state index contributed by atoms with van der Waals surface area (Å²) in [6.07, 6.45) is 0.727. The van der Waals surface area contributed by atoms with E-state index >= 15 is 0 Å². The fourth-order valence-electron chi connectivity index (χ4n) is 2.32. The van der Waals surface area contributed by atoms with Crippen LogP contribution in [0.3, 0.4) is 0 Å². The molecule has 0 fully saturated rings. The summed E-state index contributed by atoms with van der Waals surface area (Å²) in [4.78, 5) is 9.29. The molecular weight excluding hydrogens is 270 g/mol. The van der Waals surface area contributed by atoms with E-state index in [1.54, 1.807) is 0 Å². The molecule has 1 aromatic carbocycles. The second-order valence-corrected chi connectivity index (χ2v) is 5.31. The number of aromatic nitrogens is 3. The van der Waals surface area contributed by atoms with Crippen molar-refractivity contribution in [1.29, 1.82) is 0 Å². The van der Waals surface area contributed by atoms with Crippen molar-refractivity contribution in [3.8, 4) is 5.69 Å². The van der Waals surface area contributed by atoms with Gasteiger partial charge >= 0.3 is 0 Å². The summed E-state index contributed by atoms with van der Waals surface area (Å²) in [7, 11) is 0. The first-order chi connectivity index (χ1) is 9.69. The number of rotatable bonds is 3. The summed E-state index contributed by atoms with van der Waals surface area (Å²) in [6, 6.07) is 12.4. The van der Waals surface area contributed by atoms with Gasteiger partial charge in [0.15, 0.2) is 5.65 Å². The Balaban J connectivity index is 2.27. The number of halogens is 1. The van der Waals surface area contributed by atoms with Crippen molar-refractivity contribution in [3.05, 3.63) is 53.5 Å². The van der Waals surface area contributed by atoms with Gasteiger partial charge in [-0.3, -0.25) is 4.57 Å². The lowest BCUT2D eigenvalue weighted by molar-refractivity contribution is 0.903. The summed E-state index contributed by atoms with van der Waals surface area (Å²) < 4.78 is 2.10. The standard InChI is InChI=1S/C16H16ClN3/c1-11-3-6-13(7-4-11)20-15(9-10-17)19-14-8-5-12(2)18-16(14)20/h3-8H,9-10H2,1-2H3. The van der Waals surface area contributed by atoms with Gasteiger partial charge in [0.2, 0.25) is 0 Å². The van der Waals surface area contributed by atoms with Crippen molar-refractivity contribution in [2.45, 2.75) is 20.3 Å². The fourth-order valence-corrected chi connectivity index (χ4v) is 2.49. The van der Waals surface area contributed by atoms with Gasteiger partial charge in [0.1, 0.15) is 11.3 Å². The van der Waals surface area contributed by atoms with Crippen LogP contribution in [0.5, 0.6) is 0 Å². The van der Waals surface area contributed by atoms with Gasteiger partial charge in [-0.15, -0.1) is 11.6 Å². The van der Waals surface area contributed by atoms with Gasteiger partial charge in [0.05, 0.1) is 0 Å². The molecule has 3 aromatic rings. The van der Waals surface area contributed by atoms with Crippen LogP contribution in [0.4, 0.5) is 0 Å². The predicted octanol–water partition coefficient (Wildman–Crippen LogP) is 3.82. The number of fused-ring (bicyclic) bond motifs is 1. The zero-order valence-corrected chi connectivity index (χ0v) is 12.4. The molecular formula is C16H16ClN3. The average Bonchev–Trinajstić information content (AvgIpc) is 2.78. The molecule has 2 aromatic heterocycles. The lowest BCUT2D eigenvalue weighted by Crippen LogP contribution is -2.03. The molecule has 0 amide bonds. The molecule has 0 saturated heterocycles. The highest BCUT2D eigenvalue weighted by Gasteiger charge is 2.13. The van der Waals surface area contributed by atoms with E-state index in [-0.39, 0.29) is 0 Å². The van der Waals surface area contributed by atoms with E-state index in [9.17, 15) is 0 Å². The second-order valence-electron chi connectivity index (χ2n) is 4.93. The molecule has 0 unspecified atom stereocenters. The Morgan fingerprint density at radius 1 is 1.00 bits per heavy atom. The van der Waals surface area contributed by atoms with Crippen LogP contribution < -0.4 is 0 Å². The van der Waals surface area contributed by atoms with Gasteiger partial charge in [0.25, 0.3) is 0 Å². The quantitative estimate of drug-likeness (QED) is 0.685. The van der Waals surface area contributed by atoms with E-state index in [1.807, 2.05) is 19.1 Å². The zero-order valence-electron chi connectivity index (χ0n) is 11.6. The highest BCUT2D eigenvalue weighted by atomic mass is 35.5. The molecule has 0 saturated carbocycles. The molecule has 3 nitrogen and oxygen atoms in total. The van der Waals surface area contributed by atoms with E-state index in [2.05, 4.69) is 45.7 Å². The van der Waals surface area contributed by atoms with Gasteiger partial charge < -0.3 is 0 Å². The number of hydrogen-bond acceptors (Lipinski definition) is 2. The van der Waals surface area contributed by atoms with Gasteiger partial charge in [-0.1, -0.05) is 17.7 Å². The molecule has 0 spiro atoms. The number of imidazole rings is 1. The maximum Gasteiger partial charge on any atom is 0.164 e. The topological polar surface area (TPSA) is 30.7 Å². The summed E-state index contributed by atoms with van der Waals surface area (Å²) in [5, 5.41) is 0. The number of alkyl halides is 1. The molecule has 0 radical (unpaired) electrons. The average molecular weight is 286 g/mol. The summed E-state index contributed by atoms with van der Waals surface area (Å²) in [6.45, 7) is 4.07. The number of hydrogen-bond donors (Lipinski definition) is 0. The number of benzene rings is 1. The number of pyridine rings is 1. The molecule has 3 rings (SSSR count). The van der Waals surface area contributed by atoms with Crippen LogP contribution in [0.15, 0.2) is 36.4 Å². The third-order valence-corrected chi connectivity index (χ3v) is 3.51. The minimum absolute atomic E-state index is 0.550. The molecule has 0 atom stereocenters. The van der Waals surface area contributed by atoms with Crippen LogP contribution in [0.2, 0.25) is 0 Å². The van der Waals surface area contributed by atoms with Crippen molar-refractivity contribution in [2.24, 2.45) is 0 Å². The predicted molar refractivity (Wildman–Crippen MR) is 82.8 cm³/mol. The summed E-state index contributed by atoms with van der Waals surface area (Å²) >= 11 is 5.91. The molecule has 0 aliphatic carbocycles. The summed E-state index contributed by atoms with van der Waals surface area (Å²) in [5.74, 6) is 1.51. The monoisotopic (exact) mass is 285 g/mol. The van der Waals surface area contributed by atoms with Crippen LogP contribution in [-0.2, 0) is 6.42 Å². The van der Waals surface area contributed by atoms with Crippen LogP contribution in [0.1, 0.15) is 17.1 Å². The maximum atomic E-state index is 5.91.